The lowest BCUT2D eigenvalue weighted by Gasteiger charge is -2.04. The third kappa shape index (κ3) is 1.95. The number of hydrogen-bond donors (Lipinski definition) is 1. The molecule has 0 amide bonds. The minimum Gasteiger partial charge on any atom is -0.392 e. The molecule has 1 N–H and O–H groups in total. The number of rotatable bonds is 2. The highest BCUT2D eigenvalue weighted by atomic mass is 16.2. The predicted octanol–water partition coefficient (Wildman–Crippen LogP) is 2.39. The average Bonchev–Trinajstić information content (AvgIpc) is 2.05. The maximum absolute atomic E-state index is 8.71. The maximum atomic E-state index is 8.71. The van der Waals surface area contributed by atoms with Crippen LogP contribution < -0.4 is 0 Å². The summed E-state index contributed by atoms with van der Waals surface area (Å²) in [6.45, 7) is 4.20. The molecule has 0 heterocycles. The van der Waals surface area contributed by atoms with Crippen molar-refractivity contribution < 1.29 is 5.11 Å². The molecule has 0 unspecified atom stereocenters. The van der Waals surface area contributed by atoms with Crippen LogP contribution in [0.2, 0.25) is 0 Å². The Morgan fingerprint density at radius 3 is 2.67 bits per heavy atom. The Morgan fingerprint density at radius 2 is 2.08 bits per heavy atom. The summed E-state index contributed by atoms with van der Waals surface area (Å²) in [6.07, 6.45) is 1.82. The van der Waals surface area contributed by atoms with Crippen LogP contribution in [0, 0.1) is 6.92 Å². The molecule has 0 aromatic heterocycles. The van der Waals surface area contributed by atoms with Gasteiger partial charge in [-0.25, -0.2) is 0 Å². The molecule has 0 fully saturated rings. The smallest absolute Gasteiger partial charge is 0.0618 e. The molecule has 12 heavy (non-hydrogen) atoms. The Balaban J connectivity index is 3.02. The van der Waals surface area contributed by atoms with Crippen molar-refractivity contribution in [3.8, 4) is 0 Å². The second-order valence-corrected chi connectivity index (χ2v) is 2.88. The lowest BCUT2D eigenvalue weighted by atomic mass is 10.0. The molecule has 0 aliphatic rings. The Kier molecular flexibility index (Phi) is 3.06. The van der Waals surface area contributed by atoms with E-state index < -0.39 is 0 Å². The van der Waals surface area contributed by atoms with E-state index >= 15 is 0 Å². The summed E-state index contributed by atoms with van der Waals surface area (Å²) in [5.74, 6) is 0. The summed E-state index contributed by atoms with van der Waals surface area (Å²) in [7, 11) is 0. The van der Waals surface area contributed by atoms with Gasteiger partial charge in [-0.05, 0) is 30.5 Å². The minimum absolute atomic E-state index is 0.111. The predicted molar refractivity (Wildman–Crippen MR) is 51.9 cm³/mol. The molecule has 1 aromatic rings. The zero-order valence-electron chi connectivity index (χ0n) is 7.54. The van der Waals surface area contributed by atoms with Crippen molar-refractivity contribution in [2.75, 3.05) is 6.61 Å². The molecule has 1 nitrogen and oxygen atoms in total. The summed E-state index contributed by atoms with van der Waals surface area (Å²) in [4.78, 5) is 0. The maximum Gasteiger partial charge on any atom is 0.0618 e. The van der Waals surface area contributed by atoms with Crippen LogP contribution in [0.15, 0.2) is 30.3 Å². The van der Waals surface area contributed by atoms with Gasteiger partial charge in [0.05, 0.1) is 6.61 Å². The molecular weight excluding hydrogens is 148 g/mol. The van der Waals surface area contributed by atoms with E-state index in [0.29, 0.717) is 0 Å². The van der Waals surface area contributed by atoms with Crippen molar-refractivity contribution in [2.24, 2.45) is 0 Å². The van der Waals surface area contributed by atoms with Crippen LogP contribution in [-0.2, 0) is 0 Å². The lowest BCUT2D eigenvalue weighted by Crippen LogP contribution is -1.85. The third-order valence-electron chi connectivity index (χ3n) is 1.97. The molecule has 1 heteroatoms. The fraction of sp³-hybridized carbons (Fsp3) is 0.273. The van der Waals surface area contributed by atoms with Crippen molar-refractivity contribution in [3.63, 3.8) is 0 Å². The van der Waals surface area contributed by atoms with Crippen LogP contribution in [0.4, 0.5) is 0 Å². The SMILES string of the molecule is C/C(=C\CO)c1ccccc1C. The number of aliphatic hydroxyl groups excluding tert-OH is 1. The first-order valence-electron chi connectivity index (χ1n) is 4.09. The van der Waals surface area contributed by atoms with Crippen molar-refractivity contribution in [1.29, 1.82) is 0 Å². The molecular formula is C11H14O. The van der Waals surface area contributed by atoms with Crippen LogP contribution in [0.5, 0.6) is 0 Å². The third-order valence-corrected chi connectivity index (χ3v) is 1.97. The molecule has 0 spiro atoms. The minimum atomic E-state index is 0.111. The lowest BCUT2D eigenvalue weighted by molar-refractivity contribution is 0.343. The summed E-state index contributed by atoms with van der Waals surface area (Å²) in [6, 6.07) is 8.17. The van der Waals surface area contributed by atoms with Crippen molar-refractivity contribution in [2.45, 2.75) is 13.8 Å². The van der Waals surface area contributed by atoms with Crippen LogP contribution >= 0.6 is 0 Å². The Morgan fingerprint density at radius 1 is 1.42 bits per heavy atom. The molecule has 0 bridgehead atoms. The fourth-order valence-corrected chi connectivity index (χ4v) is 1.26. The van der Waals surface area contributed by atoms with Gasteiger partial charge in [-0.2, -0.15) is 0 Å². The zero-order chi connectivity index (χ0) is 8.97. The molecule has 1 aromatic carbocycles. The highest BCUT2D eigenvalue weighted by Crippen LogP contribution is 2.16. The van der Waals surface area contributed by atoms with Gasteiger partial charge in [0.1, 0.15) is 0 Å². The topological polar surface area (TPSA) is 20.2 Å². The number of hydrogen-bond acceptors (Lipinski definition) is 1. The summed E-state index contributed by atoms with van der Waals surface area (Å²) < 4.78 is 0. The first-order chi connectivity index (χ1) is 5.75. The van der Waals surface area contributed by atoms with Gasteiger partial charge in [0.2, 0.25) is 0 Å². The normalized spacial score (nSPS) is 11.8. The van der Waals surface area contributed by atoms with Gasteiger partial charge in [0, 0.05) is 0 Å². The van der Waals surface area contributed by atoms with E-state index in [2.05, 4.69) is 19.1 Å². The zero-order valence-corrected chi connectivity index (χ0v) is 7.54. The van der Waals surface area contributed by atoms with Gasteiger partial charge in [-0.1, -0.05) is 30.3 Å². The van der Waals surface area contributed by atoms with E-state index in [4.69, 9.17) is 5.11 Å². The Hall–Kier alpha value is -1.08. The van der Waals surface area contributed by atoms with Crippen molar-refractivity contribution in [3.05, 3.63) is 41.5 Å². The summed E-state index contributed by atoms with van der Waals surface area (Å²) in [5.41, 5.74) is 3.60. The highest BCUT2D eigenvalue weighted by molar-refractivity contribution is 5.66. The number of allylic oxidation sites excluding steroid dienone is 1. The van der Waals surface area contributed by atoms with Crippen LogP contribution in [-0.4, -0.2) is 11.7 Å². The van der Waals surface area contributed by atoms with Gasteiger partial charge in [0.25, 0.3) is 0 Å². The molecule has 64 valence electrons. The second-order valence-electron chi connectivity index (χ2n) is 2.88. The molecule has 0 saturated carbocycles. The summed E-state index contributed by atoms with van der Waals surface area (Å²) in [5, 5.41) is 8.71. The second kappa shape index (κ2) is 4.07. The standard InChI is InChI=1S/C11H14O/c1-9-5-3-4-6-11(9)10(2)7-8-12/h3-7,12H,8H2,1-2H3/b10-7+. The molecule has 0 atom stereocenters. The van der Waals surface area contributed by atoms with Crippen molar-refractivity contribution in [1.82, 2.24) is 0 Å². The fourth-order valence-electron chi connectivity index (χ4n) is 1.26. The Bertz CT molecular complexity index is 287. The van der Waals surface area contributed by atoms with Gasteiger partial charge < -0.3 is 5.11 Å². The van der Waals surface area contributed by atoms with Gasteiger partial charge >= 0.3 is 0 Å². The van der Waals surface area contributed by atoms with Gasteiger partial charge in [-0.15, -0.1) is 0 Å². The van der Waals surface area contributed by atoms with E-state index in [9.17, 15) is 0 Å². The van der Waals surface area contributed by atoms with E-state index in [1.54, 1.807) is 0 Å². The van der Waals surface area contributed by atoms with Crippen molar-refractivity contribution >= 4 is 5.57 Å². The first-order valence-corrected chi connectivity index (χ1v) is 4.09. The first kappa shape index (κ1) is 9.01. The highest BCUT2D eigenvalue weighted by Gasteiger charge is 1.96. The quantitative estimate of drug-likeness (QED) is 0.708. The monoisotopic (exact) mass is 162 g/mol. The van der Waals surface area contributed by atoms with E-state index in [0.717, 1.165) is 5.57 Å². The molecule has 0 aliphatic carbocycles. The van der Waals surface area contributed by atoms with Crippen LogP contribution in [0.3, 0.4) is 0 Å². The van der Waals surface area contributed by atoms with E-state index in [1.807, 2.05) is 25.1 Å². The number of aryl methyl sites for hydroxylation is 1. The van der Waals surface area contributed by atoms with E-state index in [1.165, 1.54) is 11.1 Å². The summed E-state index contributed by atoms with van der Waals surface area (Å²) >= 11 is 0. The number of benzene rings is 1. The number of aliphatic hydroxyl groups is 1. The van der Waals surface area contributed by atoms with Gasteiger partial charge in [-0.3, -0.25) is 0 Å². The van der Waals surface area contributed by atoms with Gasteiger partial charge in [0.15, 0.2) is 0 Å². The molecule has 0 radical (unpaired) electrons. The molecule has 1 rings (SSSR count). The van der Waals surface area contributed by atoms with Crippen LogP contribution in [0.1, 0.15) is 18.1 Å². The molecule has 0 saturated heterocycles. The van der Waals surface area contributed by atoms with E-state index in [-0.39, 0.29) is 6.61 Å². The average molecular weight is 162 g/mol. The Labute approximate surface area is 73.4 Å². The van der Waals surface area contributed by atoms with Crippen LogP contribution in [0.25, 0.3) is 5.57 Å². The largest absolute Gasteiger partial charge is 0.392 e. The molecule has 0 aliphatic heterocycles.